The highest BCUT2D eigenvalue weighted by Gasteiger charge is 2.17. The zero-order valence-corrected chi connectivity index (χ0v) is 8.78. The van der Waals surface area contributed by atoms with Gasteiger partial charge < -0.3 is 10.7 Å². The fraction of sp³-hybridized carbons (Fsp3) is 0.167. The number of H-pyrrole nitrogens is 1. The highest BCUT2D eigenvalue weighted by molar-refractivity contribution is 7.90. The van der Waals surface area contributed by atoms with E-state index in [0.29, 0.717) is 0 Å². The molecule has 0 spiro atoms. The Morgan fingerprint density at radius 1 is 1.64 bits per heavy atom. The number of rotatable bonds is 2. The molecule has 1 rings (SSSR count). The summed E-state index contributed by atoms with van der Waals surface area (Å²) in [5.74, 6) is -0.890. The van der Waals surface area contributed by atoms with Crippen molar-refractivity contribution in [2.45, 2.75) is 4.90 Å². The van der Waals surface area contributed by atoms with Crippen molar-refractivity contribution in [1.82, 2.24) is 9.97 Å². The molecule has 0 saturated heterocycles. The molecule has 8 heteroatoms. The molecule has 0 saturated carbocycles. The molecule has 0 aliphatic heterocycles. The molecule has 0 unspecified atom stereocenters. The Bertz CT molecular complexity index is 531. The monoisotopic (exact) mass is 233 g/mol. The summed E-state index contributed by atoms with van der Waals surface area (Å²) < 4.78 is 22.3. The first-order valence-electron chi connectivity index (χ1n) is 3.41. The van der Waals surface area contributed by atoms with Crippen molar-refractivity contribution in [1.29, 1.82) is 0 Å². The maximum atomic E-state index is 11.2. The van der Waals surface area contributed by atoms with Gasteiger partial charge in [-0.2, -0.15) is 0 Å². The average molecular weight is 233 g/mol. The topological polar surface area (TPSA) is 106 Å². The van der Waals surface area contributed by atoms with Crippen molar-refractivity contribution >= 4 is 28.0 Å². The molecule has 76 valence electrons. The first kappa shape index (κ1) is 10.8. The van der Waals surface area contributed by atoms with Gasteiger partial charge in [0.05, 0.1) is 6.20 Å². The third-order valence-corrected chi connectivity index (χ3v) is 2.74. The first-order valence-corrected chi connectivity index (χ1v) is 5.71. The van der Waals surface area contributed by atoms with Crippen molar-refractivity contribution in [3.63, 3.8) is 0 Å². The number of nitrogens with zero attached hydrogens (tertiary/aromatic N) is 1. The molecule has 0 aliphatic rings. The van der Waals surface area contributed by atoms with E-state index in [1.165, 1.54) is 0 Å². The summed E-state index contributed by atoms with van der Waals surface area (Å²) in [6, 6.07) is 0. The van der Waals surface area contributed by atoms with Crippen LogP contribution >= 0.6 is 12.2 Å². The third kappa shape index (κ3) is 2.15. The number of carbonyl (C=O) groups excluding carboxylic acids is 1. The van der Waals surface area contributed by atoms with E-state index < -0.39 is 15.7 Å². The van der Waals surface area contributed by atoms with Crippen LogP contribution in [0.3, 0.4) is 0 Å². The van der Waals surface area contributed by atoms with E-state index in [1.54, 1.807) is 0 Å². The molecular weight excluding hydrogens is 226 g/mol. The minimum Gasteiger partial charge on any atom is -0.364 e. The minimum atomic E-state index is -3.54. The summed E-state index contributed by atoms with van der Waals surface area (Å²) in [7, 11) is -3.54. The second kappa shape index (κ2) is 3.46. The largest absolute Gasteiger partial charge is 0.364 e. The number of aromatic amines is 1. The van der Waals surface area contributed by atoms with Crippen LogP contribution in [0.25, 0.3) is 0 Å². The smallest absolute Gasteiger partial charge is 0.266 e. The summed E-state index contributed by atoms with van der Waals surface area (Å²) in [5.41, 5.74) is 4.73. The van der Waals surface area contributed by atoms with E-state index in [-0.39, 0.29) is 15.4 Å². The van der Waals surface area contributed by atoms with Crippen molar-refractivity contribution in [3.05, 3.63) is 16.7 Å². The maximum Gasteiger partial charge on any atom is 0.266 e. The van der Waals surface area contributed by atoms with Gasteiger partial charge in [-0.05, 0) is 12.2 Å². The van der Waals surface area contributed by atoms with Crippen molar-refractivity contribution in [3.8, 4) is 0 Å². The second-order valence-electron chi connectivity index (χ2n) is 2.56. The standard InChI is InChI=1S/C6H7N3O3S2/c1-14(11,12)3-2-8-6(13)9-4(3)5(7)10/h2H,1H3,(H2,7,10)(H,8,9,13). The Labute approximate surface area is 85.1 Å². The van der Waals surface area contributed by atoms with Crippen LogP contribution in [0.2, 0.25) is 0 Å². The number of amides is 1. The molecule has 1 aromatic heterocycles. The maximum absolute atomic E-state index is 11.2. The van der Waals surface area contributed by atoms with Gasteiger partial charge in [0.15, 0.2) is 14.6 Å². The number of sulfone groups is 1. The van der Waals surface area contributed by atoms with Gasteiger partial charge in [-0.3, -0.25) is 4.79 Å². The molecule has 3 N–H and O–H groups in total. The lowest BCUT2D eigenvalue weighted by atomic mass is 10.4. The predicted molar refractivity (Wildman–Crippen MR) is 51.0 cm³/mol. The highest BCUT2D eigenvalue weighted by atomic mass is 32.2. The van der Waals surface area contributed by atoms with Gasteiger partial charge in [-0.1, -0.05) is 0 Å². The van der Waals surface area contributed by atoms with E-state index in [0.717, 1.165) is 12.5 Å². The van der Waals surface area contributed by atoms with Gasteiger partial charge >= 0.3 is 0 Å². The first-order chi connectivity index (χ1) is 6.32. The highest BCUT2D eigenvalue weighted by Crippen LogP contribution is 2.10. The average Bonchev–Trinajstić information content (AvgIpc) is 2.01. The van der Waals surface area contributed by atoms with Gasteiger partial charge in [0.2, 0.25) is 0 Å². The van der Waals surface area contributed by atoms with Crippen molar-refractivity contribution in [2.75, 3.05) is 6.26 Å². The van der Waals surface area contributed by atoms with Gasteiger partial charge in [0.25, 0.3) is 5.91 Å². The van der Waals surface area contributed by atoms with Crippen LogP contribution < -0.4 is 5.73 Å². The fourth-order valence-corrected chi connectivity index (χ4v) is 1.77. The number of hydrogen-bond acceptors (Lipinski definition) is 5. The lowest BCUT2D eigenvalue weighted by molar-refractivity contribution is 0.0991. The van der Waals surface area contributed by atoms with Crippen LogP contribution in [-0.2, 0) is 9.84 Å². The zero-order valence-electron chi connectivity index (χ0n) is 7.14. The Morgan fingerprint density at radius 2 is 2.21 bits per heavy atom. The van der Waals surface area contributed by atoms with Crippen molar-refractivity contribution < 1.29 is 13.2 Å². The molecule has 1 aromatic rings. The number of aromatic nitrogens is 2. The van der Waals surface area contributed by atoms with Gasteiger partial charge in [-0.25, -0.2) is 13.4 Å². The molecule has 14 heavy (non-hydrogen) atoms. The number of primary amides is 1. The lowest BCUT2D eigenvalue weighted by Crippen LogP contribution is -2.18. The molecule has 1 heterocycles. The summed E-state index contributed by atoms with van der Waals surface area (Å²) >= 11 is 4.63. The number of carbonyl (C=O) groups is 1. The van der Waals surface area contributed by atoms with Crippen LogP contribution in [0.1, 0.15) is 10.5 Å². The third-order valence-electron chi connectivity index (χ3n) is 1.42. The molecule has 0 aliphatic carbocycles. The molecule has 1 amide bonds. The lowest BCUT2D eigenvalue weighted by Gasteiger charge is -2.02. The SMILES string of the molecule is CS(=O)(=O)c1cnc(=S)[nH]c1C(N)=O. The van der Waals surface area contributed by atoms with Crippen LogP contribution in [0.15, 0.2) is 11.1 Å². The van der Waals surface area contributed by atoms with E-state index in [1.807, 2.05) is 0 Å². The summed E-state index contributed by atoms with van der Waals surface area (Å²) in [6.07, 6.45) is 1.96. The van der Waals surface area contributed by atoms with E-state index in [4.69, 9.17) is 5.73 Å². The molecule has 0 atom stereocenters. The number of nitrogens with two attached hydrogens (primary N) is 1. The Kier molecular flexibility index (Phi) is 2.67. The van der Waals surface area contributed by atoms with Crippen LogP contribution in [-0.4, -0.2) is 30.5 Å². The molecule has 0 fully saturated rings. The van der Waals surface area contributed by atoms with Gasteiger partial charge in [0.1, 0.15) is 10.6 Å². The fourth-order valence-electron chi connectivity index (χ4n) is 0.847. The number of hydrogen-bond donors (Lipinski definition) is 2. The quantitative estimate of drug-likeness (QED) is 0.678. The normalized spacial score (nSPS) is 11.2. The number of nitrogens with one attached hydrogen (secondary N) is 1. The molecule has 0 aromatic carbocycles. The van der Waals surface area contributed by atoms with E-state index in [9.17, 15) is 13.2 Å². The van der Waals surface area contributed by atoms with E-state index in [2.05, 4.69) is 22.2 Å². The van der Waals surface area contributed by atoms with Crippen molar-refractivity contribution in [2.24, 2.45) is 5.73 Å². The Morgan fingerprint density at radius 3 is 2.64 bits per heavy atom. The molecule has 6 nitrogen and oxygen atoms in total. The predicted octanol–water partition coefficient (Wildman–Crippen LogP) is -0.358. The molecular formula is C6H7N3O3S2. The zero-order chi connectivity index (χ0) is 10.9. The summed E-state index contributed by atoms with van der Waals surface area (Å²) in [5, 5.41) is 0. The molecule has 0 bridgehead atoms. The Balaban J connectivity index is 3.61. The minimum absolute atomic E-state index is 0.00574. The van der Waals surface area contributed by atoms with Crippen LogP contribution in [0.4, 0.5) is 0 Å². The van der Waals surface area contributed by atoms with Gasteiger partial charge in [0, 0.05) is 6.26 Å². The van der Waals surface area contributed by atoms with Crippen LogP contribution in [0, 0.1) is 4.77 Å². The molecule has 0 radical (unpaired) electrons. The Hall–Kier alpha value is -1.28. The summed E-state index contributed by atoms with van der Waals surface area (Å²) in [4.78, 5) is 16.5. The van der Waals surface area contributed by atoms with E-state index >= 15 is 0 Å². The van der Waals surface area contributed by atoms with Crippen LogP contribution in [0.5, 0.6) is 0 Å². The van der Waals surface area contributed by atoms with Gasteiger partial charge in [-0.15, -0.1) is 0 Å². The second-order valence-corrected chi connectivity index (χ2v) is 4.93. The summed E-state index contributed by atoms with van der Waals surface area (Å²) in [6.45, 7) is 0.